The van der Waals surface area contributed by atoms with Gasteiger partial charge in [0.25, 0.3) is 0 Å². The number of nitrogens with one attached hydrogen (secondary N) is 1. The lowest BCUT2D eigenvalue weighted by Gasteiger charge is -2.21. The van der Waals surface area contributed by atoms with E-state index in [0.717, 1.165) is 17.3 Å². The van der Waals surface area contributed by atoms with E-state index in [1.165, 1.54) is 6.92 Å². The second-order valence-electron chi connectivity index (χ2n) is 6.22. The Morgan fingerprint density at radius 3 is 2.29 bits per heavy atom. The number of rotatable bonds is 9. The second-order valence-corrected chi connectivity index (χ2v) is 7.42. The molecule has 0 fully saturated rings. The van der Waals surface area contributed by atoms with Crippen molar-refractivity contribution in [1.82, 2.24) is 5.32 Å². The van der Waals surface area contributed by atoms with Crippen molar-refractivity contribution in [1.29, 1.82) is 0 Å². The van der Waals surface area contributed by atoms with Gasteiger partial charge >= 0.3 is 5.97 Å². The van der Waals surface area contributed by atoms with Gasteiger partial charge in [-0.3, -0.25) is 9.59 Å². The summed E-state index contributed by atoms with van der Waals surface area (Å²) in [6.45, 7) is 5.46. The van der Waals surface area contributed by atoms with E-state index in [1.54, 1.807) is 0 Å². The largest absolute Gasteiger partial charge is 0.480 e. The summed E-state index contributed by atoms with van der Waals surface area (Å²) < 4.78 is 0. The number of carbonyl (C=O) groups excluding carboxylic acids is 2. The number of hydrogen-bond donors (Lipinski definition) is 2. The lowest BCUT2D eigenvalue weighted by Crippen LogP contribution is -2.45. The molecule has 6 heteroatoms. The zero-order valence-electron chi connectivity index (χ0n) is 14.3. The van der Waals surface area contributed by atoms with Crippen molar-refractivity contribution in [2.24, 2.45) is 11.8 Å². The van der Waals surface area contributed by atoms with Crippen LogP contribution in [0.5, 0.6) is 0 Å². The Labute approximate surface area is 147 Å². The van der Waals surface area contributed by atoms with Gasteiger partial charge in [0.05, 0.1) is 0 Å². The minimum Gasteiger partial charge on any atom is -0.480 e. The van der Waals surface area contributed by atoms with Gasteiger partial charge in [0.2, 0.25) is 5.91 Å². The van der Waals surface area contributed by atoms with E-state index in [1.807, 2.05) is 44.2 Å². The van der Waals surface area contributed by atoms with Gasteiger partial charge in [-0.15, -0.1) is 0 Å². The smallest absolute Gasteiger partial charge is 0.326 e. The predicted molar refractivity (Wildman–Crippen MR) is 95.8 cm³/mol. The Hall–Kier alpha value is -1.82. The third kappa shape index (κ3) is 7.64. The highest BCUT2D eigenvalue weighted by Gasteiger charge is 2.26. The molecule has 2 atom stereocenters. The van der Waals surface area contributed by atoms with Crippen molar-refractivity contribution in [3.63, 3.8) is 0 Å². The fraction of sp³-hybridized carbons (Fsp3) is 0.500. The highest BCUT2D eigenvalue weighted by atomic mass is 32.2. The summed E-state index contributed by atoms with van der Waals surface area (Å²) in [5.41, 5.74) is 0.851. The molecule has 1 aromatic rings. The molecule has 0 bridgehead atoms. The monoisotopic (exact) mass is 351 g/mol. The average molecular weight is 351 g/mol. The normalized spacial score (nSPS) is 13.3. The molecule has 5 nitrogen and oxygen atoms in total. The molecule has 0 aromatic heterocycles. The highest BCUT2D eigenvalue weighted by Crippen LogP contribution is 2.18. The zero-order valence-corrected chi connectivity index (χ0v) is 15.1. The van der Waals surface area contributed by atoms with Gasteiger partial charge in [-0.25, -0.2) is 4.79 Å². The molecule has 1 rings (SSSR count). The van der Waals surface area contributed by atoms with Crippen molar-refractivity contribution in [2.45, 2.75) is 39.7 Å². The quantitative estimate of drug-likeness (QED) is 0.715. The summed E-state index contributed by atoms with van der Waals surface area (Å²) >= 11 is 1.10. The number of carboxylic acid groups (broad SMARTS) is 1. The molecule has 0 saturated carbocycles. The van der Waals surface area contributed by atoms with Crippen LogP contribution in [0.1, 0.15) is 32.8 Å². The van der Waals surface area contributed by atoms with E-state index in [2.05, 4.69) is 5.32 Å². The number of thioether (sulfide) groups is 1. The first-order chi connectivity index (χ1) is 11.3. The van der Waals surface area contributed by atoms with Gasteiger partial charge in [0, 0.05) is 25.0 Å². The number of amides is 1. The summed E-state index contributed by atoms with van der Waals surface area (Å²) in [7, 11) is 0. The van der Waals surface area contributed by atoms with Crippen LogP contribution in [0.4, 0.5) is 0 Å². The number of hydrogen-bond acceptors (Lipinski definition) is 4. The fourth-order valence-electron chi connectivity index (χ4n) is 2.38. The van der Waals surface area contributed by atoms with Gasteiger partial charge in [-0.1, -0.05) is 55.9 Å². The minimum absolute atomic E-state index is 0.0457. The summed E-state index contributed by atoms with van der Waals surface area (Å²) in [6, 6.07) is 8.22. The number of benzene rings is 1. The van der Waals surface area contributed by atoms with Crippen molar-refractivity contribution < 1.29 is 19.5 Å². The first kappa shape index (κ1) is 20.2. The van der Waals surface area contributed by atoms with E-state index >= 15 is 0 Å². The minimum atomic E-state index is -1.06. The van der Waals surface area contributed by atoms with E-state index in [4.69, 9.17) is 0 Å². The van der Waals surface area contributed by atoms with E-state index in [-0.39, 0.29) is 29.3 Å². The standard InChI is InChI=1S/C18H25NO4S/c1-12(2)9-15(11-24-13(3)20)17(21)19-16(18(22)23)10-14-7-5-4-6-8-14/h4-8,12,15-16H,9-11H2,1-3H3,(H,19,21)(H,22,23)/t15?,16-/m0/s1. The van der Waals surface area contributed by atoms with Crippen LogP contribution < -0.4 is 5.32 Å². The molecule has 1 amide bonds. The van der Waals surface area contributed by atoms with Gasteiger partial charge < -0.3 is 10.4 Å². The SMILES string of the molecule is CC(=O)SCC(CC(C)C)C(=O)N[C@@H](Cc1ccccc1)C(=O)O. The first-order valence-electron chi connectivity index (χ1n) is 8.00. The van der Waals surface area contributed by atoms with Gasteiger partial charge in [0.15, 0.2) is 5.12 Å². The van der Waals surface area contributed by atoms with Crippen molar-refractivity contribution in [2.75, 3.05) is 5.75 Å². The Morgan fingerprint density at radius 1 is 1.17 bits per heavy atom. The topological polar surface area (TPSA) is 83.5 Å². The lowest BCUT2D eigenvalue weighted by molar-refractivity contribution is -0.142. The third-order valence-corrected chi connectivity index (χ3v) is 4.49. The fourth-order valence-corrected chi connectivity index (χ4v) is 3.10. The van der Waals surface area contributed by atoms with Crippen molar-refractivity contribution in [3.8, 4) is 0 Å². The average Bonchev–Trinajstić information content (AvgIpc) is 2.51. The second kappa shape index (κ2) is 10.1. The zero-order chi connectivity index (χ0) is 18.1. The van der Waals surface area contributed by atoms with Crippen LogP contribution in [0.2, 0.25) is 0 Å². The van der Waals surface area contributed by atoms with Gasteiger partial charge in [-0.05, 0) is 17.9 Å². The van der Waals surface area contributed by atoms with Crippen LogP contribution in [0.3, 0.4) is 0 Å². The number of carboxylic acids is 1. The molecule has 1 aromatic carbocycles. The van der Waals surface area contributed by atoms with Gasteiger partial charge in [-0.2, -0.15) is 0 Å². The van der Waals surface area contributed by atoms with Crippen LogP contribution in [-0.4, -0.2) is 33.9 Å². The molecule has 132 valence electrons. The van der Waals surface area contributed by atoms with Crippen LogP contribution in [0.15, 0.2) is 30.3 Å². The van der Waals surface area contributed by atoms with Crippen LogP contribution >= 0.6 is 11.8 Å². The van der Waals surface area contributed by atoms with Gasteiger partial charge in [0.1, 0.15) is 6.04 Å². The molecule has 1 unspecified atom stereocenters. The Bertz CT molecular complexity index is 559. The molecule has 0 radical (unpaired) electrons. The Kier molecular flexibility index (Phi) is 8.54. The third-order valence-electron chi connectivity index (χ3n) is 3.51. The van der Waals surface area contributed by atoms with E-state index in [0.29, 0.717) is 12.2 Å². The first-order valence-corrected chi connectivity index (χ1v) is 8.98. The molecule has 0 heterocycles. The highest BCUT2D eigenvalue weighted by molar-refractivity contribution is 8.13. The molecular weight excluding hydrogens is 326 g/mol. The summed E-state index contributed by atoms with van der Waals surface area (Å²) in [5, 5.41) is 12.0. The summed E-state index contributed by atoms with van der Waals surface area (Å²) in [4.78, 5) is 35.1. The molecular formula is C18H25NO4S. The molecule has 0 spiro atoms. The van der Waals surface area contributed by atoms with Crippen molar-refractivity contribution >= 4 is 28.8 Å². The molecule has 0 aliphatic carbocycles. The maximum absolute atomic E-state index is 12.5. The summed E-state index contributed by atoms with van der Waals surface area (Å²) in [6.07, 6.45) is 0.847. The number of aliphatic carboxylic acids is 1. The summed E-state index contributed by atoms with van der Waals surface area (Å²) in [5.74, 6) is -1.09. The molecule has 0 aliphatic rings. The van der Waals surface area contributed by atoms with Crippen LogP contribution in [0, 0.1) is 11.8 Å². The van der Waals surface area contributed by atoms with Crippen LogP contribution in [0.25, 0.3) is 0 Å². The molecule has 0 aliphatic heterocycles. The lowest BCUT2D eigenvalue weighted by atomic mass is 9.97. The molecule has 0 saturated heterocycles. The van der Waals surface area contributed by atoms with Crippen molar-refractivity contribution in [3.05, 3.63) is 35.9 Å². The van der Waals surface area contributed by atoms with E-state index < -0.39 is 12.0 Å². The maximum atomic E-state index is 12.5. The maximum Gasteiger partial charge on any atom is 0.326 e. The van der Waals surface area contributed by atoms with E-state index in [9.17, 15) is 19.5 Å². The molecule has 2 N–H and O–H groups in total. The number of carbonyl (C=O) groups is 3. The Balaban J connectivity index is 2.75. The Morgan fingerprint density at radius 2 is 1.79 bits per heavy atom. The molecule has 24 heavy (non-hydrogen) atoms. The predicted octanol–water partition coefficient (Wildman–Crippen LogP) is 2.74. The van der Waals surface area contributed by atoms with Crippen LogP contribution in [-0.2, 0) is 20.8 Å².